The molecular weight excluding hydrogens is 126 g/mol. The lowest BCUT2D eigenvalue weighted by molar-refractivity contribution is -0.117. The molecule has 0 N–H and O–H groups in total. The predicted molar refractivity (Wildman–Crippen MR) is 39.3 cm³/mol. The summed E-state index contributed by atoms with van der Waals surface area (Å²) in [5, 5.41) is 8.50. The molecule has 0 rings (SSSR count). The first kappa shape index (κ1) is 9.16. The highest BCUT2D eigenvalue weighted by Gasteiger charge is 2.07. The van der Waals surface area contributed by atoms with Crippen molar-refractivity contribution in [3.05, 3.63) is 0 Å². The molecule has 0 bridgehead atoms. The van der Waals surface area contributed by atoms with E-state index in [2.05, 4.69) is 6.07 Å². The van der Waals surface area contributed by atoms with Crippen molar-refractivity contribution in [3.63, 3.8) is 0 Å². The van der Waals surface area contributed by atoms with Crippen LogP contribution in [0.15, 0.2) is 0 Å². The van der Waals surface area contributed by atoms with Crippen molar-refractivity contribution in [2.75, 3.05) is 0 Å². The lowest BCUT2D eigenvalue weighted by Crippen LogP contribution is -2.02. The number of nitriles is 1. The van der Waals surface area contributed by atoms with E-state index >= 15 is 0 Å². The van der Waals surface area contributed by atoms with Crippen LogP contribution in [0, 0.1) is 17.2 Å². The van der Waals surface area contributed by atoms with Crippen molar-refractivity contribution in [2.24, 2.45) is 5.92 Å². The summed E-state index contributed by atoms with van der Waals surface area (Å²) in [6.45, 7) is 3.55. The fourth-order valence-corrected chi connectivity index (χ4v) is 0.908. The van der Waals surface area contributed by atoms with Crippen molar-refractivity contribution in [1.29, 1.82) is 5.26 Å². The van der Waals surface area contributed by atoms with Crippen LogP contribution in [0.3, 0.4) is 0 Å². The molecule has 0 saturated heterocycles. The normalized spacial score (nSPS) is 12.1. The number of rotatable bonds is 4. The van der Waals surface area contributed by atoms with E-state index in [1.165, 1.54) is 6.92 Å². The second-order valence-electron chi connectivity index (χ2n) is 2.52. The van der Waals surface area contributed by atoms with Gasteiger partial charge in [-0.1, -0.05) is 13.3 Å². The number of nitrogens with zero attached hydrogens (tertiary/aromatic N) is 1. The van der Waals surface area contributed by atoms with Gasteiger partial charge in [0.05, 0.1) is 12.0 Å². The Bertz CT molecular complexity index is 146. The molecule has 2 nitrogen and oxygen atoms in total. The summed E-state index contributed by atoms with van der Waals surface area (Å²) in [7, 11) is 0. The highest BCUT2D eigenvalue weighted by atomic mass is 16.1. The summed E-state index contributed by atoms with van der Waals surface area (Å²) in [6.07, 6.45) is 2.24. The van der Waals surface area contributed by atoms with E-state index in [4.69, 9.17) is 5.26 Å². The molecule has 56 valence electrons. The van der Waals surface area contributed by atoms with Crippen molar-refractivity contribution in [2.45, 2.75) is 33.1 Å². The summed E-state index contributed by atoms with van der Waals surface area (Å²) < 4.78 is 0. The Morgan fingerprint density at radius 1 is 1.70 bits per heavy atom. The molecule has 0 aliphatic carbocycles. The van der Waals surface area contributed by atoms with Crippen LogP contribution < -0.4 is 0 Å². The maximum atomic E-state index is 10.5. The molecule has 0 heterocycles. The molecule has 0 spiro atoms. The molecule has 0 saturated carbocycles. The van der Waals surface area contributed by atoms with E-state index in [1.54, 1.807) is 0 Å². The average molecular weight is 139 g/mol. The fourth-order valence-electron chi connectivity index (χ4n) is 0.908. The van der Waals surface area contributed by atoms with Crippen LogP contribution in [0.5, 0.6) is 0 Å². The number of carbonyl (C=O) groups is 1. The topological polar surface area (TPSA) is 40.9 Å². The zero-order valence-corrected chi connectivity index (χ0v) is 6.55. The van der Waals surface area contributed by atoms with Gasteiger partial charge in [-0.2, -0.15) is 5.26 Å². The van der Waals surface area contributed by atoms with Gasteiger partial charge in [-0.15, -0.1) is 0 Å². The van der Waals surface area contributed by atoms with Crippen LogP contribution in [0.2, 0.25) is 0 Å². The van der Waals surface area contributed by atoms with Gasteiger partial charge in [0.2, 0.25) is 0 Å². The highest BCUT2D eigenvalue weighted by Crippen LogP contribution is 2.09. The van der Waals surface area contributed by atoms with E-state index in [0.717, 1.165) is 12.8 Å². The van der Waals surface area contributed by atoms with Crippen LogP contribution in [-0.4, -0.2) is 5.78 Å². The maximum absolute atomic E-state index is 10.5. The maximum Gasteiger partial charge on any atom is 0.131 e. The van der Waals surface area contributed by atoms with E-state index in [9.17, 15) is 4.79 Å². The number of hydrogen-bond donors (Lipinski definition) is 0. The zero-order chi connectivity index (χ0) is 7.98. The molecule has 1 atom stereocenters. The fraction of sp³-hybridized carbons (Fsp3) is 0.750. The number of Topliss-reactive ketones (excluding diaryl/α,β-unsaturated/α-hetero) is 1. The van der Waals surface area contributed by atoms with Gasteiger partial charge in [-0.3, -0.25) is 4.79 Å². The molecule has 0 aromatic carbocycles. The van der Waals surface area contributed by atoms with Gasteiger partial charge in [-0.05, 0) is 13.3 Å². The van der Waals surface area contributed by atoms with Gasteiger partial charge < -0.3 is 0 Å². The van der Waals surface area contributed by atoms with E-state index in [-0.39, 0.29) is 11.7 Å². The van der Waals surface area contributed by atoms with Crippen LogP contribution >= 0.6 is 0 Å². The van der Waals surface area contributed by atoms with Crippen molar-refractivity contribution >= 4 is 5.78 Å². The van der Waals surface area contributed by atoms with Crippen LogP contribution in [0.25, 0.3) is 0 Å². The Balaban J connectivity index is 3.63. The van der Waals surface area contributed by atoms with Gasteiger partial charge >= 0.3 is 0 Å². The SMILES string of the molecule is CCC[C@H](C#N)CC(C)=O. The molecule has 0 amide bonds. The summed E-state index contributed by atoms with van der Waals surface area (Å²) in [5.74, 6) is 0.0579. The van der Waals surface area contributed by atoms with E-state index in [1.807, 2.05) is 6.92 Å². The zero-order valence-electron chi connectivity index (χ0n) is 6.55. The van der Waals surface area contributed by atoms with Crippen molar-refractivity contribution in [1.82, 2.24) is 0 Å². The Hall–Kier alpha value is -0.840. The molecule has 2 heteroatoms. The van der Waals surface area contributed by atoms with Crippen LogP contribution in [0.1, 0.15) is 33.1 Å². The molecule has 0 aliphatic heterocycles. The number of ketones is 1. The minimum atomic E-state index is -0.0532. The summed E-state index contributed by atoms with van der Waals surface area (Å²) in [6, 6.07) is 2.11. The Labute approximate surface area is 61.8 Å². The lowest BCUT2D eigenvalue weighted by Gasteiger charge is -2.02. The molecular formula is C8H13NO. The Morgan fingerprint density at radius 3 is 2.60 bits per heavy atom. The minimum Gasteiger partial charge on any atom is -0.300 e. The standard InChI is InChI=1S/C8H13NO/c1-3-4-8(6-9)5-7(2)10/h8H,3-5H2,1-2H3/t8-/m0/s1. The third kappa shape index (κ3) is 4.08. The van der Waals surface area contributed by atoms with Crippen molar-refractivity contribution < 1.29 is 4.79 Å². The first-order valence-corrected chi connectivity index (χ1v) is 3.59. The molecule has 0 radical (unpaired) electrons. The predicted octanol–water partition coefficient (Wildman–Crippen LogP) is 1.91. The Kier molecular flexibility index (Phi) is 4.57. The third-order valence-corrected chi connectivity index (χ3v) is 1.35. The minimum absolute atomic E-state index is 0.0532. The van der Waals surface area contributed by atoms with E-state index in [0.29, 0.717) is 6.42 Å². The van der Waals surface area contributed by atoms with Gasteiger partial charge in [0.15, 0.2) is 0 Å². The monoisotopic (exact) mass is 139 g/mol. The smallest absolute Gasteiger partial charge is 0.131 e. The largest absolute Gasteiger partial charge is 0.300 e. The molecule has 10 heavy (non-hydrogen) atoms. The number of hydrogen-bond acceptors (Lipinski definition) is 2. The number of carbonyl (C=O) groups excluding carboxylic acids is 1. The highest BCUT2D eigenvalue weighted by molar-refractivity contribution is 5.76. The second kappa shape index (κ2) is 4.99. The van der Waals surface area contributed by atoms with Crippen LogP contribution in [-0.2, 0) is 4.79 Å². The summed E-state index contributed by atoms with van der Waals surface area (Å²) in [5.41, 5.74) is 0. The van der Waals surface area contributed by atoms with Gasteiger partial charge in [0.25, 0.3) is 0 Å². The molecule has 0 aromatic rings. The van der Waals surface area contributed by atoms with Gasteiger partial charge in [0, 0.05) is 6.42 Å². The van der Waals surface area contributed by atoms with Crippen molar-refractivity contribution in [3.8, 4) is 6.07 Å². The summed E-state index contributed by atoms with van der Waals surface area (Å²) >= 11 is 0. The quantitative estimate of drug-likeness (QED) is 0.597. The first-order chi connectivity index (χ1) is 4.70. The Morgan fingerprint density at radius 2 is 2.30 bits per heavy atom. The van der Waals surface area contributed by atoms with E-state index < -0.39 is 0 Å². The summed E-state index contributed by atoms with van der Waals surface area (Å²) in [4.78, 5) is 10.5. The van der Waals surface area contributed by atoms with Gasteiger partial charge in [-0.25, -0.2) is 0 Å². The molecule has 0 aromatic heterocycles. The molecule has 0 aliphatic rings. The lowest BCUT2D eigenvalue weighted by atomic mass is 10.00. The second-order valence-corrected chi connectivity index (χ2v) is 2.52. The molecule has 0 unspecified atom stereocenters. The van der Waals surface area contributed by atoms with Crippen LogP contribution in [0.4, 0.5) is 0 Å². The average Bonchev–Trinajstić information content (AvgIpc) is 1.86. The molecule has 0 fully saturated rings. The third-order valence-electron chi connectivity index (χ3n) is 1.35. The first-order valence-electron chi connectivity index (χ1n) is 3.59. The van der Waals surface area contributed by atoms with Gasteiger partial charge in [0.1, 0.15) is 5.78 Å².